The molecule has 118 valence electrons. The molecule has 2 unspecified atom stereocenters. The van der Waals surface area contributed by atoms with Crippen LogP contribution in [0.5, 0.6) is 0 Å². The lowest BCUT2D eigenvalue weighted by molar-refractivity contribution is -0.137. The summed E-state index contributed by atoms with van der Waals surface area (Å²) in [5.74, 6) is 1.84. The summed E-state index contributed by atoms with van der Waals surface area (Å²) < 4.78 is 43.7. The molecular formula is C15H20F3NOS. The molecule has 1 aliphatic rings. The fourth-order valence-corrected chi connectivity index (χ4v) is 3.24. The number of benzene rings is 1. The number of halogens is 3. The quantitative estimate of drug-likeness (QED) is 0.890. The topological polar surface area (TPSA) is 21.3 Å². The molecule has 6 heteroatoms. The number of thioether (sulfide) groups is 1. The van der Waals surface area contributed by atoms with E-state index in [9.17, 15) is 13.2 Å². The molecule has 1 saturated heterocycles. The summed E-state index contributed by atoms with van der Waals surface area (Å²) in [6, 6.07) is 5.34. The van der Waals surface area contributed by atoms with Crippen LogP contribution in [-0.2, 0) is 10.9 Å². The van der Waals surface area contributed by atoms with Gasteiger partial charge in [0.15, 0.2) is 0 Å². The minimum absolute atomic E-state index is 0.00652. The number of alkyl halides is 3. The first-order chi connectivity index (χ1) is 10.0. The number of hydrogen-bond acceptors (Lipinski definition) is 3. The van der Waals surface area contributed by atoms with E-state index in [2.05, 4.69) is 12.2 Å². The Morgan fingerprint density at radius 3 is 2.57 bits per heavy atom. The normalized spacial score (nSPS) is 21.2. The monoisotopic (exact) mass is 319 g/mol. The van der Waals surface area contributed by atoms with Crippen LogP contribution in [0, 0.1) is 0 Å². The van der Waals surface area contributed by atoms with Gasteiger partial charge in [-0.05, 0) is 30.7 Å². The van der Waals surface area contributed by atoms with Crippen molar-refractivity contribution in [1.29, 1.82) is 0 Å². The van der Waals surface area contributed by atoms with Gasteiger partial charge in [0.2, 0.25) is 0 Å². The zero-order valence-electron chi connectivity index (χ0n) is 12.0. The molecule has 21 heavy (non-hydrogen) atoms. The molecule has 0 saturated carbocycles. The van der Waals surface area contributed by atoms with Crippen molar-refractivity contribution >= 4 is 11.8 Å². The number of nitrogens with one attached hydrogen (secondary N) is 1. The molecule has 1 N–H and O–H groups in total. The van der Waals surface area contributed by atoms with Gasteiger partial charge >= 0.3 is 6.18 Å². The molecule has 0 aliphatic carbocycles. The third kappa shape index (κ3) is 4.63. The first kappa shape index (κ1) is 16.6. The van der Waals surface area contributed by atoms with E-state index in [1.165, 1.54) is 0 Å². The van der Waals surface area contributed by atoms with Gasteiger partial charge in [-0.2, -0.15) is 24.9 Å². The van der Waals surface area contributed by atoms with Crippen LogP contribution in [-0.4, -0.2) is 30.8 Å². The molecule has 1 aromatic rings. The Kier molecular flexibility index (Phi) is 5.96. The smallest absolute Gasteiger partial charge is 0.375 e. The highest BCUT2D eigenvalue weighted by Gasteiger charge is 2.31. The van der Waals surface area contributed by atoms with E-state index in [1.54, 1.807) is 12.1 Å². The predicted molar refractivity (Wildman–Crippen MR) is 79.5 cm³/mol. The van der Waals surface area contributed by atoms with E-state index >= 15 is 0 Å². The second kappa shape index (κ2) is 7.51. The summed E-state index contributed by atoms with van der Waals surface area (Å²) in [6.45, 7) is 3.57. The van der Waals surface area contributed by atoms with Crippen LogP contribution in [0.4, 0.5) is 13.2 Å². The Balaban J connectivity index is 2.15. The molecule has 1 aliphatic heterocycles. The van der Waals surface area contributed by atoms with Crippen molar-refractivity contribution in [3.8, 4) is 0 Å². The lowest BCUT2D eigenvalue weighted by Crippen LogP contribution is -2.38. The predicted octanol–water partition coefficient (Wildman–Crippen LogP) is 3.88. The van der Waals surface area contributed by atoms with Crippen molar-refractivity contribution in [2.45, 2.75) is 31.7 Å². The summed E-state index contributed by atoms with van der Waals surface area (Å²) in [5, 5.41) is 3.39. The van der Waals surface area contributed by atoms with Crippen molar-refractivity contribution < 1.29 is 17.9 Å². The average molecular weight is 319 g/mol. The SMILES string of the molecule is CCCNC(c1ccc(C(F)(F)F)cc1)C1CSCCO1. The van der Waals surface area contributed by atoms with Gasteiger partial charge in [0.1, 0.15) is 0 Å². The van der Waals surface area contributed by atoms with Gasteiger partial charge in [-0.25, -0.2) is 0 Å². The fraction of sp³-hybridized carbons (Fsp3) is 0.600. The summed E-state index contributed by atoms with van der Waals surface area (Å²) in [5.41, 5.74) is 0.239. The largest absolute Gasteiger partial charge is 0.416 e. The second-order valence-electron chi connectivity index (χ2n) is 5.04. The van der Waals surface area contributed by atoms with Crippen LogP contribution < -0.4 is 5.32 Å². The van der Waals surface area contributed by atoms with Crippen molar-refractivity contribution in [2.24, 2.45) is 0 Å². The van der Waals surface area contributed by atoms with E-state index < -0.39 is 11.7 Å². The summed E-state index contributed by atoms with van der Waals surface area (Å²) in [7, 11) is 0. The van der Waals surface area contributed by atoms with E-state index in [0.29, 0.717) is 6.61 Å². The van der Waals surface area contributed by atoms with Crippen molar-refractivity contribution in [3.63, 3.8) is 0 Å². The summed E-state index contributed by atoms with van der Waals surface area (Å²) in [6.07, 6.45) is -3.31. The lowest BCUT2D eigenvalue weighted by Gasteiger charge is -2.31. The third-order valence-corrected chi connectivity index (χ3v) is 4.44. The maximum absolute atomic E-state index is 12.6. The van der Waals surface area contributed by atoms with Crippen LogP contribution >= 0.6 is 11.8 Å². The van der Waals surface area contributed by atoms with Crippen molar-refractivity contribution in [3.05, 3.63) is 35.4 Å². The van der Waals surface area contributed by atoms with E-state index in [4.69, 9.17) is 4.74 Å². The van der Waals surface area contributed by atoms with Crippen molar-refractivity contribution in [2.75, 3.05) is 24.7 Å². The molecule has 0 spiro atoms. The van der Waals surface area contributed by atoms with Gasteiger partial charge in [-0.3, -0.25) is 0 Å². The van der Waals surface area contributed by atoms with Crippen LogP contribution in [0.3, 0.4) is 0 Å². The highest BCUT2D eigenvalue weighted by molar-refractivity contribution is 7.99. The molecule has 0 amide bonds. The number of ether oxygens (including phenoxy) is 1. The minimum Gasteiger partial charge on any atom is -0.375 e. The van der Waals surface area contributed by atoms with Crippen molar-refractivity contribution in [1.82, 2.24) is 5.32 Å². The summed E-state index contributed by atoms with van der Waals surface area (Å²) >= 11 is 1.82. The molecule has 2 nitrogen and oxygen atoms in total. The Bertz CT molecular complexity index is 430. The molecule has 2 atom stereocenters. The van der Waals surface area contributed by atoms with Gasteiger partial charge in [-0.15, -0.1) is 0 Å². The minimum atomic E-state index is -4.29. The van der Waals surface area contributed by atoms with Crippen LogP contribution in [0.15, 0.2) is 24.3 Å². The second-order valence-corrected chi connectivity index (χ2v) is 6.19. The van der Waals surface area contributed by atoms with E-state index in [-0.39, 0.29) is 12.1 Å². The third-order valence-electron chi connectivity index (χ3n) is 3.42. The van der Waals surface area contributed by atoms with E-state index in [0.717, 1.165) is 42.2 Å². The lowest BCUT2D eigenvalue weighted by atomic mass is 10.00. The van der Waals surface area contributed by atoms with Gasteiger partial charge in [0.05, 0.1) is 24.3 Å². The first-order valence-electron chi connectivity index (χ1n) is 7.12. The average Bonchev–Trinajstić information content (AvgIpc) is 2.48. The first-order valence-corrected chi connectivity index (χ1v) is 8.27. The highest BCUT2D eigenvalue weighted by Crippen LogP contribution is 2.31. The number of hydrogen-bond donors (Lipinski definition) is 1. The molecule has 1 heterocycles. The molecule has 2 rings (SSSR count). The Morgan fingerprint density at radius 2 is 2.05 bits per heavy atom. The zero-order chi connectivity index (χ0) is 15.3. The number of rotatable bonds is 5. The van der Waals surface area contributed by atoms with Gasteiger partial charge in [0.25, 0.3) is 0 Å². The highest BCUT2D eigenvalue weighted by atomic mass is 32.2. The van der Waals surface area contributed by atoms with Gasteiger partial charge < -0.3 is 10.1 Å². The Labute approximate surface area is 127 Å². The van der Waals surface area contributed by atoms with Gasteiger partial charge in [0, 0.05) is 11.5 Å². The molecule has 0 aromatic heterocycles. The maximum atomic E-state index is 12.6. The van der Waals surface area contributed by atoms with E-state index in [1.807, 2.05) is 11.8 Å². The molecule has 0 radical (unpaired) electrons. The van der Waals surface area contributed by atoms with Crippen LogP contribution in [0.25, 0.3) is 0 Å². The summed E-state index contributed by atoms with van der Waals surface area (Å²) in [4.78, 5) is 0. The molecular weight excluding hydrogens is 299 g/mol. The van der Waals surface area contributed by atoms with Crippen LogP contribution in [0.1, 0.15) is 30.5 Å². The van der Waals surface area contributed by atoms with Gasteiger partial charge in [-0.1, -0.05) is 19.1 Å². The zero-order valence-corrected chi connectivity index (χ0v) is 12.8. The molecule has 1 aromatic carbocycles. The Morgan fingerprint density at radius 1 is 1.33 bits per heavy atom. The molecule has 1 fully saturated rings. The Hall–Kier alpha value is -0.720. The molecule has 0 bridgehead atoms. The van der Waals surface area contributed by atoms with Crippen LogP contribution in [0.2, 0.25) is 0 Å². The standard InChI is InChI=1S/C15H20F3NOS/c1-2-7-19-14(13-10-21-9-8-20-13)11-3-5-12(6-4-11)15(16,17)18/h3-6,13-14,19H,2,7-10H2,1H3. The maximum Gasteiger partial charge on any atom is 0.416 e. The fourth-order valence-electron chi connectivity index (χ4n) is 2.34.